The summed E-state index contributed by atoms with van der Waals surface area (Å²) in [7, 11) is 0. The molecule has 0 saturated carbocycles. The normalized spacial score (nSPS) is 16.2. The lowest BCUT2D eigenvalue weighted by atomic mass is 10.3. The van der Waals surface area contributed by atoms with Crippen molar-refractivity contribution in [2.24, 2.45) is 0 Å². The second-order valence-corrected chi connectivity index (χ2v) is 5.20. The molecule has 1 saturated heterocycles. The molecule has 2 rings (SSSR count). The number of hydrogen-bond acceptors (Lipinski definition) is 3. The molecule has 1 amide bonds. The largest absolute Gasteiger partial charge is 0.376 e. The highest BCUT2D eigenvalue weighted by Gasteiger charge is 2.19. The Morgan fingerprint density at radius 1 is 1.35 bits per heavy atom. The van der Waals surface area contributed by atoms with Crippen LogP contribution in [0.1, 0.15) is 6.92 Å². The van der Waals surface area contributed by atoms with Crippen molar-refractivity contribution in [3.63, 3.8) is 0 Å². The lowest BCUT2D eigenvalue weighted by Gasteiger charge is -2.34. The number of anilines is 1. The number of rotatable bonds is 4. The maximum atomic E-state index is 13.0. The molecule has 4 nitrogen and oxygen atoms in total. The Bertz CT molecular complexity index is 475. The van der Waals surface area contributed by atoms with Crippen molar-refractivity contribution in [2.75, 3.05) is 44.6 Å². The molecule has 1 N–H and O–H groups in total. The first kappa shape index (κ1) is 15.1. The van der Waals surface area contributed by atoms with Crippen LogP contribution < -0.4 is 5.32 Å². The number of carbonyl (C=O) groups excluding carboxylic acids is 1. The fourth-order valence-corrected chi connectivity index (χ4v) is 2.39. The minimum Gasteiger partial charge on any atom is -0.376 e. The fraction of sp³-hybridized carbons (Fsp3) is 0.500. The molecule has 1 aliphatic rings. The Morgan fingerprint density at radius 2 is 2.05 bits per heavy atom. The van der Waals surface area contributed by atoms with E-state index in [-0.39, 0.29) is 17.5 Å². The number of piperazine rings is 1. The summed E-state index contributed by atoms with van der Waals surface area (Å²) in [6.07, 6.45) is 0. The van der Waals surface area contributed by atoms with E-state index in [1.165, 1.54) is 12.1 Å². The molecule has 1 aromatic carbocycles. The molecule has 0 bridgehead atoms. The molecular formula is C14H19ClFN3O. The van der Waals surface area contributed by atoms with Crippen molar-refractivity contribution in [1.82, 2.24) is 9.80 Å². The van der Waals surface area contributed by atoms with Gasteiger partial charge in [0.15, 0.2) is 0 Å². The van der Waals surface area contributed by atoms with Gasteiger partial charge in [0.25, 0.3) is 0 Å². The van der Waals surface area contributed by atoms with Gasteiger partial charge in [0, 0.05) is 31.9 Å². The van der Waals surface area contributed by atoms with Crippen LogP contribution in [0, 0.1) is 5.82 Å². The Balaban J connectivity index is 1.81. The van der Waals surface area contributed by atoms with Crippen molar-refractivity contribution in [1.29, 1.82) is 0 Å². The van der Waals surface area contributed by atoms with Gasteiger partial charge in [-0.15, -0.1) is 0 Å². The summed E-state index contributed by atoms with van der Waals surface area (Å²) >= 11 is 5.69. The van der Waals surface area contributed by atoms with Crippen LogP contribution >= 0.6 is 11.6 Å². The van der Waals surface area contributed by atoms with Crippen LogP contribution in [0.25, 0.3) is 0 Å². The first-order chi connectivity index (χ1) is 9.60. The standard InChI is InChI=1S/C14H19ClFN3O/c1-2-18-5-7-19(8-6-18)14(20)10-17-11-3-4-13(16)12(15)9-11/h3-4,9,17H,2,5-8,10H2,1H3. The number of benzene rings is 1. The summed E-state index contributed by atoms with van der Waals surface area (Å²) in [4.78, 5) is 16.2. The van der Waals surface area contributed by atoms with E-state index in [9.17, 15) is 9.18 Å². The third kappa shape index (κ3) is 3.84. The van der Waals surface area contributed by atoms with Gasteiger partial charge < -0.3 is 15.1 Å². The molecule has 1 aliphatic heterocycles. The fourth-order valence-electron chi connectivity index (χ4n) is 2.21. The minimum absolute atomic E-state index is 0.0546. The number of carbonyl (C=O) groups is 1. The van der Waals surface area contributed by atoms with E-state index in [0.717, 1.165) is 32.7 Å². The summed E-state index contributed by atoms with van der Waals surface area (Å²) < 4.78 is 13.0. The first-order valence-electron chi connectivity index (χ1n) is 6.79. The zero-order chi connectivity index (χ0) is 14.5. The van der Waals surface area contributed by atoms with Gasteiger partial charge in [-0.3, -0.25) is 4.79 Å². The molecule has 110 valence electrons. The highest BCUT2D eigenvalue weighted by atomic mass is 35.5. The Kier molecular flexibility index (Phi) is 5.20. The topological polar surface area (TPSA) is 35.6 Å². The summed E-state index contributed by atoms with van der Waals surface area (Å²) in [5.41, 5.74) is 0.650. The van der Waals surface area contributed by atoms with Crippen molar-refractivity contribution >= 4 is 23.2 Å². The second kappa shape index (κ2) is 6.90. The van der Waals surface area contributed by atoms with E-state index in [4.69, 9.17) is 11.6 Å². The molecule has 1 heterocycles. The van der Waals surface area contributed by atoms with Gasteiger partial charge in [0.2, 0.25) is 5.91 Å². The predicted octanol–water partition coefficient (Wildman–Crippen LogP) is 2.06. The van der Waals surface area contributed by atoms with Crippen LogP contribution in [0.3, 0.4) is 0 Å². The number of halogens is 2. The molecule has 0 spiro atoms. The highest BCUT2D eigenvalue weighted by Crippen LogP contribution is 2.19. The van der Waals surface area contributed by atoms with Crippen molar-refractivity contribution < 1.29 is 9.18 Å². The summed E-state index contributed by atoms with van der Waals surface area (Å²) in [5.74, 6) is -0.402. The summed E-state index contributed by atoms with van der Waals surface area (Å²) in [6.45, 7) is 6.71. The van der Waals surface area contributed by atoms with Gasteiger partial charge in [-0.25, -0.2) is 4.39 Å². The molecule has 0 atom stereocenters. The molecule has 6 heteroatoms. The van der Waals surface area contributed by atoms with Crippen LogP contribution in [0.2, 0.25) is 5.02 Å². The van der Waals surface area contributed by atoms with E-state index >= 15 is 0 Å². The van der Waals surface area contributed by atoms with Crippen LogP contribution in [-0.4, -0.2) is 55.0 Å². The molecule has 0 radical (unpaired) electrons. The predicted molar refractivity (Wildman–Crippen MR) is 78.6 cm³/mol. The third-order valence-electron chi connectivity index (χ3n) is 3.54. The lowest BCUT2D eigenvalue weighted by molar-refractivity contribution is -0.131. The highest BCUT2D eigenvalue weighted by molar-refractivity contribution is 6.31. The molecule has 0 aromatic heterocycles. The van der Waals surface area contributed by atoms with E-state index in [2.05, 4.69) is 17.1 Å². The lowest BCUT2D eigenvalue weighted by Crippen LogP contribution is -2.49. The van der Waals surface area contributed by atoms with E-state index < -0.39 is 5.82 Å². The summed E-state index contributed by atoms with van der Waals surface area (Å²) in [5, 5.41) is 3.03. The van der Waals surface area contributed by atoms with Gasteiger partial charge in [0.05, 0.1) is 11.6 Å². The zero-order valence-electron chi connectivity index (χ0n) is 11.5. The number of amides is 1. The first-order valence-corrected chi connectivity index (χ1v) is 7.17. The third-order valence-corrected chi connectivity index (χ3v) is 3.83. The Hall–Kier alpha value is -1.33. The average molecular weight is 300 g/mol. The van der Waals surface area contributed by atoms with Crippen LogP contribution in [0.4, 0.5) is 10.1 Å². The van der Waals surface area contributed by atoms with Crippen molar-refractivity contribution in [2.45, 2.75) is 6.92 Å². The molecule has 0 unspecified atom stereocenters. The number of hydrogen-bond donors (Lipinski definition) is 1. The smallest absolute Gasteiger partial charge is 0.241 e. The van der Waals surface area contributed by atoms with Crippen molar-refractivity contribution in [3.05, 3.63) is 29.0 Å². The van der Waals surface area contributed by atoms with Gasteiger partial charge in [0.1, 0.15) is 5.82 Å². The molecular weight excluding hydrogens is 281 g/mol. The van der Waals surface area contributed by atoms with E-state index in [0.29, 0.717) is 5.69 Å². The molecule has 0 aliphatic carbocycles. The maximum Gasteiger partial charge on any atom is 0.241 e. The quantitative estimate of drug-likeness (QED) is 0.924. The average Bonchev–Trinajstić information content (AvgIpc) is 2.48. The Morgan fingerprint density at radius 3 is 2.65 bits per heavy atom. The number of likely N-dealkylation sites (N-methyl/N-ethyl adjacent to an activating group) is 1. The van der Waals surface area contributed by atoms with E-state index in [1.807, 2.05) is 4.90 Å². The number of nitrogens with zero attached hydrogens (tertiary/aromatic N) is 2. The molecule has 1 fully saturated rings. The SMILES string of the molecule is CCN1CCN(C(=O)CNc2ccc(F)c(Cl)c2)CC1. The molecule has 1 aromatic rings. The number of nitrogens with one attached hydrogen (secondary N) is 1. The van der Waals surface area contributed by atoms with Crippen LogP contribution in [0.5, 0.6) is 0 Å². The molecule has 20 heavy (non-hydrogen) atoms. The monoisotopic (exact) mass is 299 g/mol. The van der Waals surface area contributed by atoms with Gasteiger partial charge >= 0.3 is 0 Å². The zero-order valence-corrected chi connectivity index (χ0v) is 12.3. The van der Waals surface area contributed by atoms with Crippen LogP contribution in [-0.2, 0) is 4.79 Å². The van der Waals surface area contributed by atoms with E-state index in [1.54, 1.807) is 6.07 Å². The van der Waals surface area contributed by atoms with Gasteiger partial charge in [-0.1, -0.05) is 18.5 Å². The second-order valence-electron chi connectivity index (χ2n) is 4.80. The van der Waals surface area contributed by atoms with Crippen LogP contribution in [0.15, 0.2) is 18.2 Å². The van der Waals surface area contributed by atoms with Gasteiger partial charge in [-0.05, 0) is 24.7 Å². The van der Waals surface area contributed by atoms with Gasteiger partial charge in [-0.2, -0.15) is 0 Å². The Labute approximate surface area is 123 Å². The maximum absolute atomic E-state index is 13.0. The summed E-state index contributed by atoms with van der Waals surface area (Å²) in [6, 6.07) is 4.35. The minimum atomic E-state index is -0.459. The van der Waals surface area contributed by atoms with Crippen molar-refractivity contribution in [3.8, 4) is 0 Å².